The smallest absolute Gasteiger partial charge is 0.317 e. The Bertz CT molecular complexity index is 1020. The summed E-state index contributed by atoms with van der Waals surface area (Å²) >= 11 is 1.51. The largest absolute Gasteiger partial charge is 0.460 e. The van der Waals surface area contributed by atoms with Crippen LogP contribution in [-0.2, 0) is 6.54 Å². The van der Waals surface area contributed by atoms with Crippen LogP contribution in [0.4, 0.5) is 10.9 Å². The zero-order valence-corrected chi connectivity index (χ0v) is 18.7. The molecule has 0 amide bonds. The predicted molar refractivity (Wildman–Crippen MR) is 120 cm³/mol. The Morgan fingerprint density at radius 1 is 1.06 bits per heavy atom. The summed E-state index contributed by atoms with van der Waals surface area (Å²) in [5.74, 6) is 0.667. The van der Waals surface area contributed by atoms with Crippen LogP contribution in [0.2, 0.25) is 0 Å². The van der Waals surface area contributed by atoms with Crippen molar-refractivity contribution in [3.05, 3.63) is 36.5 Å². The van der Waals surface area contributed by atoms with Gasteiger partial charge in [-0.05, 0) is 64.1 Å². The molecule has 5 rings (SSSR count). The first-order chi connectivity index (χ1) is 15.1. The van der Waals surface area contributed by atoms with Crippen molar-refractivity contribution < 1.29 is 4.74 Å². The van der Waals surface area contributed by atoms with Gasteiger partial charge in [-0.15, -0.1) is 0 Å². The van der Waals surface area contributed by atoms with Crippen LogP contribution in [0.15, 0.2) is 30.9 Å². The van der Waals surface area contributed by atoms with Crippen molar-refractivity contribution in [3.8, 4) is 16.6 Å². The van der Waals surface area contributed by atoms with Gasteiger partial charge in [0.2, 0.25) is 0 Å². The lowest BCUT2D eigenvalue weighted by Gasteiger charge is -2.28. The molecule has 2 fully saturated rings. The van der Waals surface area contributed by atoms with Crippen molar-refractivity contribution in [1.82, 2.24) is 29.8 Å². The van der Waals surface area contributed by atoms with E-state index in [0.717, 1.165) is 40.8 Å². The lowest BCUT2D eigenvalue weighted by molar-refractivity contribution is 0.114. The number of nitrogens with zero attached hydrogens (tertiary/aromatic N) is 6. The summed E-state index contributed by atoms with van der Waals surface area (Å²) in [7, 11) is 4.01. The SMILES string of the molecule is CN(C)Cc1cnc(Nc2ncc(-c3ccnc(OC4CCC5(CC4)CC5)n3)s2)cn1. The molecule has 0 bridgehead atoms. The summed E-state index contributed by atoms with van der Waals surface area (Å²) < 4.78 is 6.10. The van der Waals surface area contributed by atoms with Gasteiger partial charge in [0.1, 0.15) is 6.10 Å². The molecule has 2 aliphatic carbocycles. The highest BCUT2D eigenvalue weighted by molar-refractivity contribution is 7.18. The number of aromatic nitrogens is 5. The minimum Gasteiger partial charge on any atom is -0.460 e. The van der Waals surface area contributed by atoms with E-state index in [1.165, 1.54) is 37.0 Å². The van der Waals surface area contributed by atoms with Crippen LogP contribution in [0.3, 0.4) is 0 Å². The highest BCUT2D eigenvalue weighted by Crippen LogP contribution is 2.56. The third-order valence-corrected chi connectivity index (χ3v) is 6.97. The van der Waals surface area contributed by atoms with Crippen molar-refractivity contribution >= 4 is 22.3 Å². The van der Waals surface area contributed by atoms with Gasteiger partial charge < -0.3 is 15.0 Å². The fourth-order valence-electron chi connectivity index (χ4n) is 4.07. The molecule has 0 unspecified atom stereocenters. The minimum absolute atomic E-state index is 0.231. The number of rotatable bonds is 7. The molecule has 3 aromatic heterocycles. The van der Waals surface area contributed by atoms with Gasteiger partial charge >= 0.3 is 6.01 Å². The average molecular weight is 438 g/mol. The van der Waals surface area contributed by atoms with Gasteiger partial charge in [-0.1, -0.05) is 11.3 Å². The maximum absolute atomic E-state index is 6.10. The molecule has 2 aliphatic rings. The van der Waals surface area contributed by atoms with E-state index in [9.17, 15) is 0 Å². The van der Waals surface area contributed by atoms with Crippen LogP contribution >= 0.6 is 11.3 Å². The Kier molecular flexibility index (Phi) is 5.54. The number of ether oxygens (including phenoxy) is 1. The van der Waals surface area contributed by atoms with Crippen LogP contribution < -0.4 is 10.1 Å². The zero-order chi connectivity index (χ0) is 21.3. The third-order valence-electron chi connectivity index (χ3n) is 6.03. The summed E-state index contributed by atoms with van der Waals surface area (Å²) in [5.41, 5.74) is 2.40. The van der Waals surface area contributed by atoms with Gasteiger partial charge in [-0.2, -0.15) is 4.98 Å². The van der Waals surface area contributed by atoms with E-state index >= 15 is 0 Å². The topological polar surface area (TPSA) is 89.0 Å². The standard InChI is InChI=1S/C22H27N7OS/c1-29(2)14-15-11-25-19(13-24-15)28-21-26-12-18(31-21)17-5-10-23-20(27-17)30-16-3-6-22(7-4-16)8-9-22/h5,10-13,16H,3-4,6-9,14H2,1-2H3,(H,25,26,28). The molecule has 0 saturated heterocycles. The molecule has 1 spiro atoms. The Morgan fingerprint density at radius 3 is 2.61 bits per heavy atom. The Balaban J connectivity index is 1.21. The number of thiazole rings is 1. The molecule has 8 nitrogen and oxygen atoms in total. The summed E-state index contributed by atoms with van der Waals surface area (Å²) in [5, 5.41) is 3.96. The van der Waals surface area contributed by atoms with Crippen LogP contribution in [0, 0.1) is 5.41 Å². The fourth-order valence-corrected chi connectivity index (χ4v) is 4.86. The van der Waals surface area contributed by atoms with Crippen LogP contribution in [0.25, 0.3) is 10.6 Å². The highest BCUT2D eigenvalue weighted by atomic mass is 32.1. The molecule has 2 saturated carbocycles. The predicted octanol–water partition coefficient (Wildman–Crippen LogP) is 4.30. The Labute approximate surface area is 186 Å². The van der Waals surface area contributed by atoms with Crippen molar-refractivity contribution in [2.75, 3.05) is 19.4 Å². The maximum Gasteiger partial charge on any atom is 0.317 e. The minimum atomic E-state index is 0.231. The highest BCUT2D eigenvalue weighted by Gasteiger charge is 2.45. The summed E-state index contributed by atoms with van der Waals surface area (Å²) in [4.78, 5) is 25.3. The lowest BCUT2D eigenvalue weighted by atomic mass is 9.85. The molecular formula is C22H27N7OS. The number of hydrogen-bond donors (Lipinski definition) is 1. The average Bonchev–Trinajstić information content (AvgIpc) is 3.36. The summed E-state index contributed by atoms with van der Waals surface area (Å²) in [6, 6.07) is 2.35. The molecule has 0 atom stereocenters. The van der Waals surface area contributed by atoms with E-state index in [2.05, 4.69) is 35.1 Å². The van der Waals surface area contributed by atoms with Gasteiger partial charge in [0, 0.05) is 18.9 Å². The fraction of sp³-hybridized carbons (Fsp3) is 0.500. The first-order valence-electron chi connectivity index (χ1n) is 10.8. The van der Waals surface area contributed by atoms with Crippen LogP contribution in [-0.4, -0.2) is 50.0 Å². The number of anilines is 2. The van der Waals surface area contributed by atoms with Gasteiger partial charge in [0.05, 0.1) is 28.7 Å². The second-order valence-corrected chi connectivity index (χ2v) is 9.86. The van der Waals surface area contributed by atoms with E-state index in [-0.39, 0.29) is 6.10 Å². The van der Waals surface area contributed by atoms with E-state index in [0.29, 0.717) is 17.2 Å². The molecule has 0 aromatic carbocycles. The summed E-state index contributed by atoms with van der Waals surface area (Å²) in [6.07, 6.45) is 14.9. The Hall–Kier alpha value is -2.65. The lowest BCUT2D eigenvalue weighted by Crippen LogP contribution is -2.25. The zero-order valence-electron chi connectivity index (χ0n) is 17.9. The van der Waals surface area contributed by atoms with Crippen molar-refractivity contribution in [2.24, 2.45) is 5.41 Å². The van der Waals surface area contributed by atoms with Gasteiger partial charge in [0.25, 0.3) is 0 Å². The molecule has 0 aliphatic heterocycles. The normalized spacial score (nSPS) is 17.8. The van der Waals surface area contributed by atoms with E-state index in [1.807, 2.05) is 26.4 Å². The van der Waals surface area contributed by atoms with Gasteiger partial charge in [-0.3, -0.25) is 4.98 Å². The van der Waals surface area contributed by atoms with E-state index in [4.69, 9.17) is 4.74 Å². The molecule has 1 N–H and O–H groups in total. The first kappa shape index (κ1) is 20.3. The van der Waals surface area contributed by atoms with Gasteiger partial charge in [0.15, 0.2) is 10.9 Å². The molecular weight excluding hydrogens is 410 g/mol. The monoisotopic (exact) mass is 437 g/mol. The van der Waals surface area contributed by atoms with Crippen molar-refractivity contribution in [3.63, 3.8) is 0 Å². The van der Waals surface area contributed by atoms with Crippen molar-refractivity contribution in [1.29, 1.82) is 0 Å². The molecule has 3 heterocycles. The number of nitrogens with one attached hydrogen (secondary N) is 1. The molecule has 31 heavy (non-hydrogen) atoms. The van der Waals surface area contributed by atoms with Crippen LogP contribution in [0.5, 0.6) is 6.01 Å². The second-order valence-electron chi connectivity index (χ2n) is 8.83. The molecule has 162 valence electrons. The second kappa shape index (κ2) is 8.47. The van der Waals surface area contributed by atoms with Crippen molar-refractivity contribution in [2.45, 2.75) is 51.2 Å². The molecule has 3 aromatic rings. The summed E-state index contributed by atoms with van der Waals surface area (Å²) in [6.45, 7) is 0.758. The third kappa shape index (κ3) is 4.99. The maximum atomic E-state index is 6.10. The van der Waals surface area contributed by atoms with E-state index in [1.54, 1.807) is 18.6 Å². The molecule has 9 heteroatoms. The Morgan fingerprint density at radius 2 is 1.90 bits per heavy atom. The number of hydrogen-bond acceptors (Lipinski definition) is 9. The first-order valence-corrected chi connectivity index (χ1v) is 11.6. The van der Waals surface area contributed by atoms with Crippen LogP contribution in [0.1, 0.15) is 44.2 Å². The van der Waals surface area contributed by atoms with Gasteiger partial charge in [-0.25, -0.2) is 15.0 Å². The quantitative estimate of drug-likeness (QED) is 0.585. The van der Waals surface area contributed by atoms with E-state index < -0.39 is 0 Å². The molecule has 0 radical (unpaired) electrons.